The van der Waals surface area contributed by atoms with Crippen molar-refractivity contribution < 1.29 is 10.0 Å². The summed E-state index contributed by atoms with van der Waals surface area (Å²) in [5, 5.41) is 15.3. The van der Waals surface area contributed by atoms with Crippen LogP contribution in [0.4, 0.5) is 0 Å². The van der Waals surface area contributed by atoms with Crippen LogP contribution in [0.15, 0.2) is 34.5 Å². The second kappa shape index (κ2) is 5.79. The number of carbonyl (C=O) groups excluding carboxylic acids is 1. The van der Waals surface area contributed by atoms with E-state index in [9.17, 15) is 4.79 Å². The number of nitrogens with zero attached hydrogens (tertiary/aromatic N) is 2. The summed E-state index contributed by atoms with van der Waals surface area (Å²) in [7, 11) is 0. The molecule has 0 unspecified atom stereocenters. The van der Waals surface area contributed by atoms with Gasteiger partial charge in [-0.3, -0.25) is 4.79 Å². The fraction of sp³-hybridized carbons (Fsp3) is 0.250. The number of oxime groups is 1. The van der Waals surface area contributed by atoms with Crippen LogP contribution in [-0.2, 0) is 0 Å². The third-order valence-electron chi connectivity index (χ3n) is 2.31. The Morgan fingerprint density at radius 1 is 1.18 bits per heavy atom. The van der Waals surface area contributed by atoms with E-state index in [1.165, 1.54) is 0 Å². The highest BCUT2D eigenvalue weighted by molar-refractivity contribution is 6.40. The summed E-state index contributed by atoms with van der Waals surface area (Å²) >= 11 is 0. The molecule has 0 heterocycles. The van der Waals surface area contributed by atoms with E-state index < -0.39 is 0 Å². The van der Waals surface area contributed by atoms with Crippen LogP contribution in [0, 0.1) is 6.92 Å². The Hall–Kier alpha value is -2.17. The lowest BCUT2D eigenvalue weighted by molar-refractivity contribution is 0.0955. The Kier molecular flexibility index (Phi) is 4.39. The van der Waals surface area contributed by atoms with Gasteiger partial charge in [-0.1, -0.05) is 22.9 Å². The van der Waals surface area contributed by atoms with Crippen LogP contribution in [0.5, 0.6) is 0 Å². The van der Waals surface area contributed by atoms with E-state index in [0.717, 1.165) is 5.56 Å². The Bertz CT molecular complexity index is 461. The molecule has 0 spiro atoms. The summed E-state index contributed by atoms with van der Waals surface area (Å²) in [5.41, 5.74) is 4.82. The number of hydrogen-bond acceptors (Lipinski definition) is 4. The van der Waals surface area contributed by atoms with E-state index >= 15 is 0 Å². The second-order valence-electron chi connectivity index (χ2n) is 3.69. The van der Waals surface area contributed by atoms with Gasteiger partial charge in [0.15, 0.2) is 0 Å². The first-order valence-electron chi connectivity index (χ1n) is 5.15. The van der Waals surface area contributed by atoms with Gasteiger partial charge in [0.05, 0.1) is 11.4 Å². The topological polar surface area (TPSA) is 74.1 Å². The number of aryl methyl sites for hydroxylation is 1. The molecule has 0 aromatic heterocycles. The summed E-state index contributed by atoms with van der Waals surface area (Å²) < 4.78 is 0. The van der Waals surface area contributed by atoms with Crippen molar-refractivity contribution in [3.63, 3.8) is 0 Å². The number of benzene rings is 1. The van der Waals surface area contributed by atoms with Gasteiger partial charge >= 0.3 is 0 Å². The Labute approximate surface area is 99.8 Å². The van der Waals surface area contributed by atoms with Crippen molar-refractivity contribution in [1.82, 2.24) is 5.43 Å². The maximum Gasteiger partial charge on any atom is 0.271 e. The first-order chi connectivity index (χ1) is 8.04. The lowest BCUT2D eigenvalue weighted by atomic mass is 10.1. The highest BCUT2D eigenvalue weighted by atomic mass is 16.4. The predicted molar refractivity (Wildman–Crippen MR) is 66.6 cm³/mol. The molecule has 0 bridgehead atoms. The zero-order chi connectivity index (χ0) is 12.8. The van der Waals surface area contributed by atoms with Crippen molar-refractivity contribution >= 4 is 17.3 Å². The van der Waals surface area contributed by atoms with E-state index in [1.54, 1.807) is 26.0 Å². The molecule has 17 heavy (non-hydrogen) atoms. The van der Waals surface area contributed by atoms with E-state index in [-0.39, 0.29) is 5.91 Å². The average molecular weight is 233 g/mol. The van der Waals surface area contributed by atoms with Crippen molar-refractivity contribution in [3.8, 4) is 0 Å². The molecule has 1 rings (SSSR count). The molecule has 0 radical (unpaired) electrons. The molecule has 0 fully saturated rings. The standard InChI is InChI=1S/C12H15N3O2/c1-8-4-6-11(7-5-8)12(16)14-13-9(2)10(3)15-17/h4-7,17H,1-3H3,(H,14,16)/b13-9+,15-10-. The molecule has 90 valence electrons. The number of rotatable bonds is 3. The second-order valence-corrected chi connectivity index (χ2v) is 3.69. The summed E-state index contributed by atoms with van der Waals surface area (Å²) in [6, 6.07) is 7.16. The molecule has 5 heteroatoms. The third-order valence-corrected chi connectivity index (χ3v) is 2.31. The quantitative estimate of drug-likeness (QED) is 0.475. The fourth-order valence-electron chi connectivity index (χ4n) is 1.06. The predicted octanol–water partition coefficient (Wildman–Crippen LogP) is 1.95. The summed E-state index contributed by atoms with van der Waals surface area (Å²) in [6.07, 6.45) is 0. The van der Waals surface area contributed by atoms with Gasteiger partial charge in [0.1, 0.15) is 0 Å². The molecule has 0 aliphatic rings. The SMILES string of the molecule is CC(=N/O)/C(C)=N/NC(=O)c1ccc(C)cc1. The van der Waals surface area contributed by atoms with Gasteiger partial charge < -0.3 is 5.21 Å². The third kappa shape index (κ3) is 3.71. The Morgan fingerprint density at radius 3 is 2.29 bits per heavy atom. The lowest BCUT2D eigenvalue weighted by Gasteiger charge is -2.02. The van der Waals surface area contributed by atoms with Crippen LogP contribution >= 0.6 is 0 Å². The monoisotopic (exact) mass is 233 g/mol. The fourth-order valence-corrected chi connectivity index (χ4v) is 1.06. The number of hydrazone groups is 1. The molecule has 1 aromatic rings. The summed E-state index contributed by atoms with van der Waals surface area (Å²) in [6.45, 7) is 5.19. The molecular formula is C12H15N3O2. The number of nitrogens with one attached hydrogen (secondary N) is 1. The smallest absolute Gasteiger partial charge is 0.271 e. The Morgan fingerprint density at radius 2 is 1.76 bits per heavy atom. The number of amides is 1. The lowest BCUT2D eigenvalue weighted by Crippen LogP contribution is -2.21. The van der Waals surface area contributed by atoms with E-state index in [1.807, 2.05) is 19.1 Å². The van der Waals surface area contributed by atoms with Crippen molar-refractivity contribution in [2.45, 2.75) is 20.8 Å². The number of hydrogen-bond donors (Lipinski definition) is 2. The molecule has 0 saturated carbocycles. The van der Waals surface area contributed by atoms with Crippen LogP contribution in [0.2, 0.25) is 0 Å². The van der Waals surface area contributed by atoms with Crippen LogP contribution in [-0.4, -0.2) is 22.5 Å². The normalized spacial score (nSPS) is 12.4. The van der Waals surface area contributed by atoms with E-state index in [0.29, 0.717) is 17.0 Å². The van der Waals surface area contributed by atoms with Crippen molar-refractivity contribution in [2.75, 3.05) is 0 Å². The highest BCUT2D eigenvalue weighted by Gasteiger charge is 2.04. The van der Waals surface area contributed by atoms with Crippen molar-refractivity contribution in [1.29, 1.82) is 0 Å². The van der Waals surface area contributed by atoms with Crippen LogP contribution in [0.25, 0.3) is 0 Å². The average Bonchev–Trinajstić information content (AvgIpc) is 2.35. The van der Waals surface area contributed by atoms with Gasteiger partial charge in [-0.15, -0.1) is 0 Å². The minimum Gasteiger partial charge on any atom is -0.411 e. The van der Waals surface area contributed by atoms with Gasteiger partial charge in [-0.25, -0.2) is 5.43 Å². The molecule has 2 N–H and O–H groups in total. The zero-order valence-electron chi connectivity index (χ0n) is 10.1. The van der Waals surface area contributed by atoms with Crippen LogP contribution in [0.3, 0.4) is 0 Å². The van der Waals surface area contributed by atoms with Crippen LogP contribution < -0.4 is 5.43 Å². The molecule has 0 aliphatic heterocycles. The van der Waals surface area contributed by atoms with E-state index in [4.69, 9.17) is 5.21 Å². The molecule has 0 aliphatic carbocycles. The maximum absolute atomic E-state index is 11.7. The van der Waals surface area contributed by atoms with Gasteiger partial charge in [0.25, 0.3) is 5.91 Å². The maximum atomic E-state index is 11.7. The highest BCUT2D eigenvalue weighted by Crippen LogP contribution is 2.02. The molecule has 0 atom stereocenters. The van der Waals surface area contributed by atoms with Crippen molar-refractivity contribution in [2.24, 2.45) is 10.3 Å². The Balaban J connectivity index is 2.71. The molecule has 0 saturated heterocycles. The zero-order valence-corrected chi connectivity index (χ0v) is 10.1. The molecule has 1 amide bonds. The van der Waals surface area contributed by atoms with Crippen LogP contribution in [0.1, 0.15) is 29.8 Å². The minimum atomic E-state index is -0.296. The molecule has 1 aromatic carbocycles. The minimum absolute atomic E-state index is 0.296. The summed E-state index contributed by atoms with van der Waals surface area (Å²) in [5.74, 6) is -0.296. The molecule has 5 nitrogen and oxygen atoms in total. The number of carbonyl (C=O) groups is 1. The first kappa shape index (κ1) is 12.9. The van der Waals surface area contributed by atoms with Crippen molar-refractivity contribution in [3.05, 3.63) is 35.4 Å². The van der Waals surface area contributed by atoms with Gasteiger partial charge in [-0.2, -0.15) is 5.10 Å². The van der Waals surface area contributed by atoms with Gasteiger partial charge in [-0.05, 0) is 32.9 Å². The largest absolute Gasteiger partial charge is 0.411 e. The first-order valence-corrected chi connectivity index (χ1v) is 5.15. The van der Waals surface area contributed by atoms with Gasteiger partial charge in [0.2, 0.25) is 0 Å². The molecular weight excluding hydrogens is 218 g/mol. The van der Waals surface area contributed by atoms with E-state index in [2.05, 4.69) is 15.7 Å². The summed E-state index contributed by atoms with van der Waals surface area (Å²) in [4.78, 5) is 11.7. The van der Waals surface area contributed by atoms with Gasteiger partial charge in [0, 0.05) is 5.56 Å².